The zero-order valence-electron chi connectivity index (χ0n) is 15.4. The molecule has 0 bridgehead atoms. The van der Waals surface area contributed by atoms with E-state index >= 15 is 0 Å². The van der Waals surface area contributed by atoms with Crippen LogP contribution in [0.5, 0.6) is 0 Å². The minimum Gasteiger partial charge on any atom is -0.462 e. The number of carbonyl (C=O) groups is 1. The Labute approximate surface area is 148 Å². The van der Waals surface area contributed by atoms with E-state index in [1.165, 1.54) is 6.42 Å². The number of ether oxygens (including phenoxy) is 1. The van der Waals surface area contributed by atoms with Crippen LogP contribution in [0.3, 0.4) is 0 Å². The number of hydrogen-bond acceptors (Lipinski definition) is 4. The van der Waals surface area contributed by atoms with E-state index in [-0.39, 0.29) is 17.7 Å². The van der Waals surface area contributed by atoms with Gasteiger partial charge in [0.15, 0.2) is 0 Å². The number of esters is 1. The lowest BCUT2D eigenvalue weighted by molar-refractivity contribution is 0.0519. The van der Waals surface area contributed by atoms with E-state index in [4.69, 9.17) is 4.74 Å². The van der Waals surface area contributed by atoms with Crippen LogP contribution in [0.15, 0.2) is 9.69 Å². The van der Waals surface area contributed by atoms with E-state index in [0.717, 1.165) is 35.4 Å². The summed E-state index contributed by atoms with van der Waals surface area (Å²) in [6.07, 6.45) is 4.31. The third-order valence-corrected chi connectivity index (χ3v) is 6.14. The van der Waals surface area contributed by atoms with Gasteiger partial charge in [-0.1, -0.05) is 20.8 Å². The second kappa shape index (κ2) is 8.24. The monoisotopic (exact) mass is 351 g/mol. The lowest BCUT2D eigenvalue weighted by Gasteiger charge is -2.31. The van der Waals surface area contributed by atoms with Crippen molar-refractivity contribution in [1.29, 1.82) is 0 Å². The molecule has 5 heteroatoms. The van der Waals surface area contributed by atoms with E-state index in [2.05, 4.69) is 25.8 Å². The number of hydrogen-bond donors (Lipinski definition) is 1. The van der Waals surface area contributed by atoms with E-state index < -0.39 is 5.97 Å². The molecule has 24 heavy (non-hydrogen) atoms. The largest absolute Gasteiger partial charge is 0.462 e. The Morgan fingerprint density at radius 1 is 1.21 bits per heavy atom. The lowest BCUT2D eigenvalue weighted by atomic mass is 9.83. The van der Waals surface area contributed by atoms with Crippen LogP contribution in [-0.2, 0) is 11.2 Å². The van der Waals surface area contributed by atoms with Crippen molar-refractivity contribution in [2.45, 2.75) is 70.4 Å². The Balaban J connectivity index is 2.45. The highest BCUT2D eigenvalue weighted by Crippen LogP contribution is 2.41. The first-order chi connectivity index (χ1) is 11.4. The molecule has 0 aliphatic heterocycles. The first-order valence-corrected chi connectivity index (χ1v) is 9.84. The van der Waals surface area contributed by atoms with Gasteiger partial charge in [0, 0.05) is 15.8 Å². The molecule has 0 saturated heterocycles. The Bertz CT molecular complexity index is 643. The number of rotatable bonds is 5. The summed E-state index contributed by atoms with van der Waals surface area (Å²) in [6.45, 7) is 10.6. The maximum atomic E-state index is 12.4. The molecule has 134 valence electrons. The van der Waals surface area contributed by atoms with Gasteiger partial charge in [-0.3, -0.25) is 4.79 Å². The van der Waals surface area contributed by atoms with Crippen LogP contribution in [0.1, 0.15) is 68.6 Å². The minimum absolute atomic E-state index is 0.190. The normalized spacial score (nSPS) is 24.0. The van der Waals surface area contributed by atoms with Gasteiger partial charge in [-0.2, -0.15) is 0 Å². The van der Waals surface area contributed by atoms with Crippen molar-refractivity contribution in [3.63, 3.8) is 0 Å². The maximum Gasteiger partial charge on any atom is 0.344 e. The van der Waals surface area contributed by atoms with Crippen LogP contribution in [0.2, 0.25) is 0 Å². The molecule has 0 aromatic carbocycles. The summed E-state index contributed by atoms with van der Waals surface area (Å²) >= 11 is 1.71. The molecule has 1 aliphatic carbocycles. The van der Waals surface area contributed by atoms with Gasteiger partial charge < -0.3 is 9.72 Å². The molecular weight excluding hydrogens is 322 g/mol. The number of thioether (sulfide) groups is 1. The number of aromatic amines is 1. The van der Waals surface area contributed by atoms with Crippen molar-refractivity contribution in [2.24, 2.45) is 11.8 Å². The molecule has 1 saturated carbocycles. The van der Waals surface area contributed by atoms with Crippen LogP contribution in [-0.4, -0.2) is 22.8 Å². The third-order valence-electron chi connectivity index (χ3n) is 4.73. The summed E-state index contributed by atoms with van der Waals surface area (Å²) in [5, 5.41) is 0.448. The van der Waals surface area contributed by atoms with Gasteiger partial charge in [-0.25, -0.2) is 4.79 Å². The van der Waals surface area contributed by atoms with Gasteiger partial charge in [-0.05, 0) is 56.9 Å². The first-order valence-electron chi connectivity index (χ1n) is 8.96. The van der Waals surface area contributed by atoms with E-state index in [1.807, 2.05) is 6.92 Å². The number of H-pyrrole nitrogens is 1. The first kappa shape index (κ1) is 19.1. The highest BCUT2D eigenvalue weighted by atomic mass is 32.2. The molecule has 0 spiro atoms. The van der Waals surface area contributed by atoms with Crippen LogP contribution >= 0.6 is 11.8 Å². The van der Waals surface area contributed by atoms with Crippen LogP contribution in [0.4, 0.5) is 0 Å². The van der Waals surface area contributed by atoms with Gasteiger partial charge in [-0.15, -0.1) is 11.8 Å². The molecule has 3 atom stereocenters. The summed E-state index contributed by atoms with van der Waals surface area (Å²) < 4.78 is 5.15. The minimum atomic E-state index is -0.507. The van der Waals surface area contributed by atoms with E-state index in [0.29, 0.717) is 17.1 Å². The van der Waals surface area contributed by atoms with Crippen LogP contribution < -0.4 is 5.56 Å². The Morgan fingerprint density at radius 2 is 1.83 bits per heavy atom. The summed E-state index contributed by atoms with van der Waals surface area (Å²) in [5.74, 6) is 0.865. The molecule has 1 aromatic heterocycles. The fourth-order valence-corrected chi connectivity index (χ4v) is 5.73. The number of nitrogens with one attached hydrogen (secondary N) is 1. The predicted octanol–water partition coefficient (Wildman–Crippen LogP) is 4.34. The Hall–Kier alpha value is -1.23. The molecule has 1 heterocycles. The molecular formula is C19H29NO3S. The van der Waals surface area contributed by atoms with Gasteiger partial charge in [0.2, 0.25) is 0 Å². The molecule has 2 rings (SSSR count). The molecule has 1 N–H and O–H groups in total. The summed E-state index contributed by atoms with van der Waals surface area (Å²) in [7, 11) is 0. The van der Waals surface area contributed by atoms with Crippen molar-refractivity contribution in [3.05, 3.63) is 27.2 Å². The standard InChI is InChI=1S/C19H29NO3S/c1-6-15-13(5)20-18(21)16(19(22)23-7-2)17(15)24-14-9-11(3)8-12(4)10-14/h11-12,14H,6-10H2,1-5H3,(H,20,21)/t11-,12+,14?. The Kier molecular flexibility index (Phi) is 6.55. The van der Waals surface area contributed by atoms with Gasteiger partial charge in [0.05, 0.1) is 6.61 Å². The molecule has 0 radical (unpaired) electrons. The molecule has 0 amide bonds. The molecule has 1 fully saturated rings. The second-order valence-electron chi connectivity index (χ2n) is 6.99. The molecule has 1 aliphatic rings. The molecule has 1 aromatic rings. The maximum absolute atomic E-state index is 12.4. The number of pyridine rings is 1. The van der Waals surface area contributed by atoms with Crippen LogP contribution in [0, 0.1) is 18.8 Å². The van der Waals surface area contributed by atoms with Crippen molar-refractivity contribution in [3.8, 4) is 0 Å². The average Bonchev–Trinajstić information content (AvgIpc) is 2.46. The third kappa shape index (κ3) is 4.24. The SMILES string of the molecule is CCOC(=O)c1c(SC2C[C@@H](C)C[C@@H](C)C2)c(CC)c(C)[nH]c1=O. The fourth-order valence-electron chi connectivity index (χ4n) is 3.81. The summed E-state index contributed by atoms with van der Waals surface area (Å²) in [6, 6.07) is 0. The number of aryl methyl sites for hydroxylation is 1. The highest BCUT2D eigenvalue weighted by molar-refractivity contribution is 8.00. The lowest BCUT2D eigenvalue weighted by Crippen LogP contribution is -2.26. The number of carbonyl (C=O) groups excluding carboxylic acids is 1. The summed E-state index contributed by atoms with van der Waals surface area (Å²) in [5.41, 5.74) is 1.78. The zero-order chi connectivity index (χ0) is 17.9. The van der Waals surface area contributed by atoms with Gasteiger partial charge in [0.1, 0.15) is 5.56 Å². The number of aromatic nitrogens is 1. The van der Waals surface area contributed by atoms with E-state index in [1.54, 1.807) is 18.7 Å². The van der Waals surface area contributed by atoms with Crippen LogP contribution in [0.25, 0.3) is 0 Å². The molecule has 1 unspecified atom stereocenters. The molecule has 4 nitrogen and oxygen atoms in total. The second-order valence-corrected chi connectivity index (χ2v) is 8.30. The zero-order valence-corrected chi connectivity index (χ0v) is 16.2. The summed E-state index contributed by atoms with van der Waals surface area (Å²) in [4.78, 5) is 28.5. The Morgan fingerprint density at radius 3 is 2.38 bits per heavy atom. The average molecular weight is 352 g/mol. The fraction of sp³-hybridized carbons (Fsp3) is 0.684. The predicted molar refractivity (Wildman–Crippen MR) is 99.0 cm³/mol. The quantitative estimate of drug-likeness (QED) is 0.802. The van der Waals surface area contributed by atoms with Gasteiger partial charge >= 0.3 is 5.97 Å². The van der Waals surface area contributed by atoms with Crippen molar-refractivity contribution in [2.75, 3.05) is 6.61 Å². The highest BCUT2D eigenvalue weighted by Gasteiger charge is 2.29. The van der Waals surface area contributed by atoms with Crippen molar-refractivity contribution >= 4 is 17.7 Å². The van der Waals surface area contributed by atoms with Crippen molar-refractivity contribution < 1.29 is 9.53 Å². The topological polar surface area (TPSA) is 59.2 Å². The van der Waals surface area contributed by atoms with Crippen molar-refractivity contribution in [1.82, 2.24) is 4.98 Å². The van der Waals surface area contributed by atoms with E-state index in [9.17, 15) is 9.59 Å². The smallest absolute Gasteiger partial charge is 0.344 e. The van der Waals surface area contributed by atoms with Gasteiger partial charge in [0.25, 0.3) is 5.56 Å².